The quantitative estimate of drug-likeness (QED) is 0.891. The number of aliphatic carboxylic acids is 1. The van der Waals surface area contributed by atoms with Gasteiger partial charge in [-0.1, -0.05) is 30.3 Å². The molecule has 6 heteroatoms. The molecule has 0 spiro atoms. The second-order valence-electron chi connectivity index (χ2n) is 6.06. The number of hydrogen-bond acceptors (Lipinski definition) is 4. The van der Waals surface area contributed by atoms with Crippen LogP contribution in [0.25, 0.3) is 0 Å². The zero-order valence-electron chi connectivity index (χ0n) is 13.8. The van der Waals surface area contributed by atoms with Crippen LogP contribution in [0.15, 0.2) is 48.5 Å². The lowest BCUT2D eigenvalue weighted by Gasteiger charge is -2.17. The maximum absolute atomic E-state index is 12.7. The highest BCUT2D eigenvalue weighted by atomic mass is 16.5. The number of ether oxygens (including phenoxy) is 1. The number of phenolic OH excluding ortho intramolecular Hbond substituents is 1. The lowest BCUT2D eigenvalue weighted by atomic mass is 9.89. The van der Waals surface area contributed by atoms with Gasteiger partial charge >= 0.3 is 5.97 Å². The molecule has 6 nitrogen and oxygen atoms in total. The van der Waals surface area contributed by atoms with Crippen molar-refractivity contribution in [3.05, 3.63) is 59.7 Å². The van der Waals surface area contributed by atoms with Crippen molar-refractivity contribution in [3.8, 4) is 11.5 Å². The van der Waals surface area contributed by atoms with Gasteiger partial charge in [0.1, 0.15) is 11.5 Å². The molecule has 1 amide bonds. The molecule has 3 rings (SSSR count). The van der Waals surface area contributed by atoms with E-state index in [-0.39, 0.29) is 29.7 Å². The topological polar surface area (TPSA) is 87.1 Å². The average Bonchev–Trinajstić information content (AvgIpc) is 3.07. The van der Waals surface area contributed by atoms with Crippen LogP contribution in [0.5, 0.6) is 11.5 Å². The van der Waals surface area contributed by atoms with E-state index in [0.717, 1.165) is 5.56 Å². The van der Waals surface area contributed by atoms with Crippen molar-refractivity contribution in [2.75, 3.05) is 20.2 Å². The van der Waals surface area contributed by atoms with Gasteiger partial charge in [0.25, 0.3) is 5.91 Å². The lowest BCUT2D eigenvalue weighted by molar-refractivity contribution is -0.141. The molecule has 2 N–H and O–H groups in total. The average molecular weight is 341 g/mol. The predicted octanol–water partition coefficient (Wildman–Crippen LogP) is 2.34. The van der Waals surface area contributed by atoms with Crippen molar-refractivity contribution >= 4 is 11.9 Å². The summed E-state index contributed by atoms with van der Waals surface area (Å²) in [4.78, 5) is 25.9. The van der Waals surface area contributed by atoms with Crippen molar-refractivity contribution in [1.82, 2.24) is 4.90 Å². The standard InChI is InChI=1S/C19H19NO5/c1-25-13-7-8-14(17(21)9-13)18(22)20-10-15(16(11-20)19(23)24)12-5-3-2-4-6-12/h2-9,15-16,21H,10-11H2,1H3,(H,23,24). The molecule has 1 aliphatic rings. The van der Waals surface area contributed by atoms with E-state index in [1.807, 2.05) is 30.3 Å². The van der Waals surface area contributed by atoms with Crippen LogP contribution in [0.4, 0.5) is 0 Å². The Morgan fingerprint density at radius 2 is 1.84 bits per heavy atom. The van der Waals surface area contributed by atoms with Gasteiger partial charge in [-0.2, -0.15) is 0 Å². The molecule has 1 fully saturated rings. The molecule has 2 unspecified atom stereocenters. The minimum absolute atomic E-state index is 0.110. The highest BCUT2D eigenvalue weighted by molar-refractivity contribution is 5.97. The molecule has 1 aliphatic heterocycles. The summed E-state index contributed by atoms with van der Waals surface area (Å²) >= 11 is 0. The van der Waals surface area contributed by atoms with Crippen LogP contribution in [0.2, 0.25) is 0 Å². The summed E-state index contributed by atoms with van der Waals surface area (Å²) in [6.45, 7) is 0.407. The Bertz CT molecular complexity index is 790. The van der Waals surface area contributed by atoms with Gasteiger partial charge in [-0.25, -0.2) is 0 Å². The van der Waals surface area contributed by atoms with Crippen molar-refractivity contribution in [2.45, 2.75) is 5.92 Å². The first-order valence-electron chi connectivity index (χ1n) is 7.95. The fourth-order valence-corrected chi connectivity index (χ4v) is 3.25. The highest BCUT2D eigenvalue weighted by Crippen LogP contribution is 2.35. The number of phenols is 1. The van der Waals surface area contributed by atoms with E-state index in [4.69, 9.17) is 4.74 Å². The Kier molecular flexibility index (Phi) is 4.61. The van der Waals surface area contributed by atoms with Crippen LogP contribution in [0, 0.1) is 5.92 Å². The number of carboxylic acids is 1. The molecular weight excluding hydrogens is 322 g/mol. The van der Waals surface area contributed by atoms with Gasteiger partial charge in [0.2, 0.25) is 0 Å². The van der Waals surface area contributed by atoms with E-state index in [1.165, 1.54) is 24.1 Å². The third-order valence-electron chi connectivity index (χ3n) is 4.59. The molecule has 0 aliphatic carbocycles. The molecule has 25 heavy (non-hydrogen) atoms. The summed E-state index contributed by atoms with van der Waals surface area (Å²) < 4.78 is 5.02. The van der Waals surface area contributed by atoms with Gasteiger partial charge in [-0.3, -0.25) is 9.59 Å². The lowest BCUT2D eigenvalue weighted by Crippen LogP contribution is -2.30. The van der Waals surface area contributed by atoms with Gasteiger partial charge < -0.3 is 19.8 Å². The van der Waals surface area contributed by atoms with Gasteiger partial charge in [0, 0.05) is 25.1 Å². The first kappa shape index (κ1) is 16.8. The highest BCUT2D eigenvalue weighted by Gasteiger charge is 2.41. The number of carbonyl (C=O) groups is 2. The molecule has 2 aromatic carbocycles. The summed E-state index contributed by atoms with van der Waals surface area (Å²) in [5.41, 5.74) is 1.03. The summed E-state index contributed by atoms with van der Waals surface area (Å²) in [5, 5.41) is 19.6. The van der Waals surface area contributed by atoms with Crippen LogP contribution in [-0.4, -0.2) is 47.2 Å². The molecule has 1 saturated heterocycles. The van der Waals surface area contributed by atoms with E-state index in [1.54, 1.807) is 6.07 Å². The van der Waals surface area contributed by atoms with Gasteiger partial charge in [-0.05, 0) is 17.7 Å². The fraction of sp³-hybridized carbons (Fsp3) is 0.263. The second kappa shape index (κ2) is 6.84. The number of likely N-dealkylation sites (tertiary alicyclic amines) is 1. The number of methoxy groups -OCH3 is 1. The van der Waals surface area contributed by atoms with E-state index in [9.17, 15) is 19.8 Å². The Labute approximate surface area is 145 Å². The molecular formula is C19H19NO5. The maximum Gasteiger partial charge on any atom is 0.308 e. The molecule has 2 aromatic rings. The minimum atomic E-state index is -0.928. The second-order valence-corrected chi connectivity index (χ2v) is 6.06. The van der Waals surface area contributed by atoms with E-state index >= 15 is 0 Å². The molecule has 1 heterocycles. The normalized spacial score (nSPS) is 19.6. The van der Waals surface area contributed by atoms with Crippen LogP contribution < -0.4 is 4.74 Å². The van der Waals surface area contributed by atoms with E-state index in [0.29, 0.717) is 12.3 Å². The number of nitrogens with zero attached hydrogens (tertiary/aromatic N) is 1. The minimum Gasteiger partial charge on any atom is -0.507 e. The number of benzene rings is 2. The van der Waals surface area contributed by atoms with Crippen molar-refractivity contribution in [1.29, 1.82) is 0 Å². The van der Waals surface area contributed by atoms with Crippen molar-refractivity contribution in [3.63, 3.8) is 0 Å². The van der Waals surface area contributed by atoms with Crippen LogP contribution >= 0.6 is 0 Å². The van der Waals surface area contributed by atoms with E-state index in [2.05, 4.69) is 0 Å². The molecule has 130 valence electrons. The Balaban J connectivity index is 1.86. The molecule has 0 saturated carbocycles. The van der Waals surface area contributed by atoms with Crippen molar-refractivity contribution < 1.29 is 24.5 Å². The van der Waals surface area contributed by atoms with Gasteiger partial charge in [-0.15, -0.1) is 0 Å². The Morgan fingerprint density at radius 1 is 1.12 bits per heavy atom. The van der Waals surface area contributed by atoms with Crippen LogP contribution in [0.3, 0.4) is 0 Å². The first-order chi connectivity index (χ1) is 12.0. The molecule has 2 atom stereocenters. The SMILES string of the molecule is COc1ccc(C(=O)N2CC(C(=O)O)C(c3ccccc3)C2)c(O)c1. The smallest absolute Gasteiger partial charge is 0.308 e. The molecule has 0 aromatic heterocycles. The zero-order chi connectivity index (χ0) is 18.0. The van der Waals surface area contributed by atoms with Crippen LogP contribution in [-0.2, 0) is 4.79 Å². The largest absolute Gasteiger partial charge is 0.507 e. The molecule has 0 bridgehead atoms. The number of aromatic hydroxyl groups is 1. The number of rotatable bonds is 4. The number of carboxylic acid groups (broad SMARTS) is 1. The summed E-state index contributed by atoms with van der Waals surface area (Å²) in [6, 6.07) is 13.8. The zero-order valence-corrected chi connectivity index (χ0v) is 13.8. The number of carbonyl (C=O) groups excluding carboxylic acids is 1. The van der Waals surface area contributed by atoms with Gasteiger partial charge in [0.15, 0.2) is 0 Å². The monoisotopic (exact) mass is 341 g/mol. The third-order valence-corrected chi connectivity index (χ3v) is 4.59. The fourth-order valence-electron chi connectivity index (χ4n) is 3.25. The third kappa shape index (κ3) is 3.28. The number of hydrogen-bond donors (Lipinski definition) is 2. The maximum atomic E-state index is 12.7. The van der Waals surface area contributed by atoms with Gasteiger partial charge in [0.05, 0.1) is 18.6 Å². The Hall–Kier alpha value is -3.02. The summed E-state index contributed by atoms with van der Waals surface area (Å²) in [7, 11) is 1.47. The predicted molar refractivity (Wildman–Crippen MR) is 90.9 cm³/mol. The van der Waals surface area contributed by atoms with Crippen LogP contribution in [0.1, 0.15) is 21.8 Å². The van der Waals surface area contributed by atoms with Crippen molar-refractivity contribution in [2.24, 2.45) is 5.92 Å². The summed E-state index contributed by atoms with van der Waals surface area (Å²) in [5.74, 6) is -2.00. The number of amides is 1. The first-order valence-corrected chi connectivity index (χ1v) is 7.95. The van der Waals surface area contributed by atoms with E-state index < -0.39 is 11.9 Å². The molecule has 0 radical (unpaired) electrons. The Morgan fingerprint density at radius 3 is 2.44 bits per heavy atom. The summed E-state index contributed by atoms with van der Waals surface area (Å²) in [6.07, 6.45) is 0.